The Morgan fingerprint density at radius 2 is 2.00 bits per heavy atom. The molecule has 2 heterocycles. The molecule has 1 spiro atoms. The Kier molecular flexibility index (Phi) is 6.72. The average Bonchev–Trinajstić information content (AvgIpc) is 3.09. The zero-order valence-corrected chi connectivity index (χ0v) is 15.8. The second-order valence-electron chi connectivity index (χ2n) is 6.96. The van der Waals surface area contributed by atoms with Crippen LogP contribution in [-0.4, -0.2) is 35.5 Å². The van der Waals surface area contributed by atoms with Crippen molar-refractivity contribution in [2.75, 3.05) is 19.6 Å². The molecule has 0 bridgehead atoms. The number of nitrogens with zero attached hydrogens (tertiary/aromatic N) is 1. The highest BCUT2D eigenvalue weighted by Gasteiger charge is 2.57. The molecular weight excluding hydrogens is 359 g/mol. The van der Waals surface area contributed by atoms with Gasteiger partial charge in [0.1, 0.15) is 5.82 Å². The molecule has 1 saturated heterocycles. The number of piperidine rings is 1. The van der Waals surface area contributed by atoms with E-state index in [1.807, 2.05) is 24.3 Å². The predicted molar refractivity (Wildman–Crippen MR) is 105 cm³/mol. The van der Waals surface area contributed by atoms with E-state index in [1.165, 1.54) is 0 Å². The van der Waals surface area contributed by atoms with Gasteiger partial charge >= 0.3 is 0 Å². The Labute approximate surface area is 160 Å². The lowest BCUT2D eigenvalue weighted by atomic mass is 9.92. The average molecular weight is 385 g/mol. The third kappa shape index (κ3) is 4.27. The summed E-state index contributed by atoms with van der Waals surface area (Å²) in [6.45, 7) is 2.87. The number of carbonyl (C=O) groups is 1. The van der Waals surface area contributed by atoms with Gasteiger partial charge in [-0.1, -0.05) is 12.1 Å². The van der Waals surface area contributed by atoms with Crippen LogP contribution in [0.25, 0.3) is 11.0 Å². The summed E-state index contributed by atoms with van der Waals surface area (Å²) in [6, 6.07) is 8.07. The van der Waals surface area contributed by atoms with Crippen LogP contribution in [0.5, 0.6) is 0 Å². The van der Waals surface area contributed by atoms with E-state index >= 15 is 0 Å². The van der Waals surface area contributed by atoms with Crippen molar-refractivity contribution in [1.29, 1.82) is 0 Å². The van der Waals surface area contributed by atoms with Crippen LogP contribution < -0.4 is 10.6 Å². The van der Waals surface area contributed by atoms with E-state index in [-0.39, 0.29) is 36.6 Å². The van der Waals surface area contributed by atoms with Crippen LogP contribution in [0.2, 0.25) is 0 Å². The first kappa shape index (κ1) is 20.0. The van der Waals surface area contributed by atoms with Crippen LogP contribution in [-0.2, 0) is 11.2 Å². The molecule has 138 valence electrons. The van der Waals surface area contributed by atoms with E-state index in [9.17, 15) is 4.79 Å². The molecule has 4 rings (SSSR count). The number of fused-ring (bicyclic) bond motifs is 1. The number of aromatic nitrogens is 2. The molecule has 7 heteroatoms. The zero-order chi connectivity index (χ0) is 15.7. The quantitative estimate of drug-likeness (QED) is 0.694. The number of H-pyrrole nitrogens is 1. The summed E-state index contributed by atoms with van der Waals surface area (Å²) in [4.78, 5) is 20.2. The Morgan fingerprint density at radius 1 is 1.24 bits per heavy atom. The number of rotatable bonds is 5. The molecule has 5 nitrogen and oxygen atoms in total. The van der Waals surface area contributed by atoms with Crippen molar-refractivity contribution in [3.05, 3.63) is 30.1 Å². The van der Waals surface area contributed by atoms with Crippen LogP contribution in [0.3, 0.4) is 0 Å². The summed E-state index contributed by atoms with van der Waals surface area (Å²) in [6.07, 6.45) is 5.19. The minimum Gasteiger partial charge on any atom is -0.356 e. The summed E-state index contributed by atoms with van der Waals surface area (Å²) in [5.74, 6) is 1.52. The number of hydrogen-bond acceptors (Lipinski definition) is 3. The highest BCUT2D eigenvalue weighted by atomic mass is 35.5. The van der Waals surface area contributed by atoms with Crippen LogP contribution >= 0.6 is 24.8 Å². The number of carbonyl (C=O) groups excluding carboxylic acids is 1. The first-order chi connectivity index (χ1) is 11.3. The number of benzene rings is 1. The van der Waals surface area contributed by atoms with Gasteiger partial charge in [0.15, 0.2) is 0 Å². The molecule has 3 N–H and O–H groups in total. The summed E-state index contributed by atoms with van der Waals surface area (Å²) in [5, 5.41) is 6.50. The van der Waals surface area contributed by atoms with Gasteiger partial charge in [-0.3, -0.25) is 4.79 Å². The highest BCUT2D eigenvalue weighted by Crippen LogP contribution is 2.58. The topological polar surface area (TPSA) is 69.8 Å². The number of nitrogens with one attached hydrogen (secondary N) is 3. The summed E-state index contributed by atoms with van der Waals surface area (Å²) in [7, 11) is 0. The molecular formula is C18H26Cl2N4O. The van der Waals surface area contributed by atoms with Crippen LogP contribution in [0.1, 0.15) is 31.5 Å². The van der Waals surface area contributed by atoms with Gasteiger partial charge in [-0.15, -0.1) is 24.8 Å². The molecule has 1 amide bonds. The van der Waals surface area contributed by atoms with Gasteiger partial charge in [0.25, 0.3) is 0 Å². The summed E-state index contributed by atoms with van der Waals surface area (Å²) >= 11 is 0. The summed E-state index contributed by atoms with van der Waals surface area (Å²) in [5.41, 5.74) is 2.42. The van der Waals surface area contributed by atoms with E-state index in [0.717, 1.165) is 68.6 Å². The standard InChI is InChI=1S/C18H24N4O.2ClH/c23-17(13-12-18(13)7-10-19-11-8-18)20-9-3-6-16-21-14-4-1-2-5-15(14)22-16;;/h1-2,4-5,13,19H,3,6-12H2,(H,20,23)(H,21,22);2*1H. The monoisotopic (exact) mass is 384 g/mol. The van der Waals surface area contributed by atoms with E-state index in [4.69, 9.17) is 0 Å². The molecule has 25 heavy (non-hydrogen) atoms. The van der Waals surface area contributed by atoms with Crippen molar-refractivity contribution in [2.45, 2.75) is 32.1 Å². The Hall–Kier alpha value is -1.30. The second-order valence-corrected chi connectivity index (χ2v) is 6.96. The molecule has 2 fully saturated rings. The Bertz CT molecular complexity index is 679. The third-order valence-electron chi connectivity index (χ3n) is 5.43. The number of aromatic amines is 1. The molecule has 1 aliphatic heterocycles. The lowest BCUT2D eigenvalue weighted by Crippen LogP contribution is -2.34. The van der Waals surface area contributed by atoms with Gasteiger partial charge in [0.2, 0.25) is 5.91 Å². The van der Waals surface area contributed by atoms with Crippen molar-refractivity contribution in [2.24, 2.45) is 11.3 Å². The molecule has 1 atom stereocenters. The lowest BCUT2D eigenvalue weighted by Gasteiger charge is -2.23. The highest BCUT2D eigenvalue weighted by molar-refractivity contribution is 5.85. The molecule has 0 radical (unpaired) electrons. The first-order valence-electron chi connectivity index (χ1n) is 8.69. The van der Waals surface area contributed by atoms with Gasteiger partial charge in [-0.05, 0) is 56.3 Å². The van der Waals surface area contributed by atoms with E-state index in [2.05, 4.69) is 20.6 Å². The van der Waals surface area contributed by atoms with Gasteiger partial charge in [-0.25, -0.2) is 4.98 Å². The van der Waals surface area contributed by atoms with Crippen molar-refractivity contribution in [3.8, 4) is 0 Å². The minimum absolute atomic E-state index is 0. The SMILES string of the molecule is Cl.Cl.O=C(NCCCc1nc2ccccc2[nH]1)C1CC12CCNCC2. The number of aryl methyl sites for hydroxylation is 1. The van der Waals surface area contributed by atoms with Crippen molar-refractivity contribution in [1.82, 2.24) is 20.6 Å². The number of para-hydroxylation sites is 2. The molecule has 1 saturated carbocycles. The number of amides is 1. The molecule has 2 aliphatic rings. The van der Waals surface area contributed by atoms with Crippen LogP contribution in [0.15, 0.2) is 24.3 Å². The van der Waals surface area contributed by atoms with Gasteiger partial charge in [-0.2, -0.15) is 0 Å². The van der Waals surface area contributed by atoms with E-state index < -0.39 is 0 Å². The molecule has 1 aromatic heterocycles. The Morgan fingerprint density at radius 3 is 2.76 bits per heavy atom. The van der Waals surface area contributed by atoms with E-state index in [0.29, 0.717) is 5.41 Å². The number of halogens is 2. The maximum atomic E-state index is 12.3. The van der Waals surface area contributed by atoms with Crippen molar-refractivity contribution in [3.63, 3.8) is 0 Å². The maximum absolute atomic E-state index is 12.3. The number of imidazole rings is 1. The molecule has 1 aromatic carbocycles. The van der Waals surface area contributed by atoms with Crippen molar-refractivity contribution < 1.29 is 4.79 Å². The Balaban J connectivity index is 0.00000113. The van der Waals surface area contributed by atoms with Gasteiger partial charge in [0.05, 0.1) is 11.0 Å². The third-order valence-corrected chi connectivity index (χ3v) is 5.43. The number of hydrogen-bond donors (Lipinski definition) is 3. The normalized spacial score (nSPS) is 20.6. The maximum Gasteiger partial charge on any atom is 0.223 e. The minimum atomic E-state index is 0. The fraction of sp³-hybridized carbons (Fsp3) is 0.556. The largest absolute Gasteiger partial charge is 0.356 e. The van der Waals surface area contributed by atoms with E-state index in [1.54, 1.807) is 0 Å². The molecule has 2 aromatic rings. The molecule has 1 unspecified atom stereocenters. The lowest BCUT2D eigenvalue weighted by molar-refractivity contribution is -0.123. The van der Waals surface area contributed by atoms with Gasteiger partial charge < -0.3 is 15.6 Å². The van der Waals surface area contributed by atoms with Crippen molar-refractivity contribution >= 4 is 41.8 Å². The fourth-order valence-electron chi connectivity index (χ4n) is 3.91. The second kappa shape index (κ2) is 8.39. The fourth-order valence-corrected chi connectivity index (χ4v) is 3.91. The molecule has 1 aliphatic carbocycles. The van der Waals surface area contributed by atoms with Gasteiger partial charge in [0, 0.05) is 18.9 Å². The summed E-state index contributed by atoms with van der Waals surface area (Å²) < 4.78 is 0. The predicted octanol–water partition coefficient (Wildman–Crippen LogP) is 2.85. The zero-order valence-electron chi connectivity index (χ0n) is 14.2. The smallest absolute Gasteiger partial charge is 0.223 e. The van der Waals surface area contributed by atoms with Crippen LogP contribution in [0, 0.1) is 11.3 Å². The van der Waals surface area contributed by atoms with Crippen LogP contribution in [0.4, 0.5) is 0 Å². The first-order valence-corrected chi connectivity index (χ1v) is 8.69.